The highest BCUT2D eigenvalue weighted by molar-refractivity contribution is 6.34. The van der Waals surface area contributed by atoms with Gasteiger partial charge in [0.05, 0.1) is 46.1 Å². The van der Waals surface area contributed by atoms with Crippen molar-refractivity contribution < 1.29 is 33.2 Å². The number of nitrogens with zero attached hydrogens (tertiary/aromatic N) is 1. The number of hydrogen-bond acceptors (Lipinski definition) is 7. The highest BCUT2D eigenvalue weighted by Gasteiger charge is 2.50. The third kappa shape index (κ3) is 9.34. The van der Waals surface area contributed by atoms with Crippen LogP contribution in [0.4, 0.5) is 0 Å². The van der Waals surface area contributed by atoms with Gasteiger partial charge >= 0.3 is 5.97 Å². The van der Waals surface area contributed by atoms with Crippen molar-refractivity contribution >= 4 is 11.7 Å². The minimum absolute atomic E-state index is 0.0270. The summed E-state index contributed by atoms with van der Waals surface area (Å²) >= 11 is 0. The molecule has 0 fully saturated rings. The largest absolute Gasteiger partial charge is 0.623 e. The summed E-state index contributed by atoms with van der Waals surface area (Å²) in [5.74, 6) is -0.677. The van der Waals surface area contributed by atoms with Gasteiger partial charge in [-0.25, -0.2) is 4.79 Å². The van der Waals surface area contributed by atoms with Gasteiger partial charge in [-0.3, -0.25) is 0 Å². The van der Waals surface area contributed by atoms with Crippen LogP contribution in [-0.4, -0.2) is 54.0 Å². The average molecular weight is 624 g/mol. The number of rotatable bonds is 16. The average Bonchev–Trinajstić information content (AvgIpc) is 3.10. The zero-order valence-electron chi connectivity index (χ0n) is 26.1. The van der Waals surface area contributed by atoms with E-state index in [2.05, 4.69) is 0 Å². The van der Waals surface area contributed by atoms with E-state index in [1.54, 1.807) is 6.92 Å². The number of hydroxylamine groups is 1. The molecule has 0 saturated carbocycles. The van der Waals surface area contributed by atoms with Gasteiger partial charge in [0, 0.05) is 0 Å². The lowest BCUT2D eigenvalue weighted by molar-refractivity contribution is -0.542. The summed E-state index contributed by atoms with van der Waals surface area (Å²) in [4.78, 5) is 13.2. The normalized spacial score (nSPS) is 18.7. The van der Waals surface area contributed by atoms with Crippen LogP contribution >= 0.6 is 0 Å². The number of esters is 1. The van der Waals surface area contributed by atoms with Crippen molar-refractivity contribution in [2.45, 2.75) is 64.1 Å². The SMILES string of the molecule is CCOC(=O)C1=[N+]([O-])[C@@H]([C@@H](COCc2ccccc2)OCc2ccccc2)[C@@H](OCc2ccccc2)[C@H](OCc2ccccc2)C1. The predicted octanol–water partition coefficient (Wildman–Crippen LogP) is 6.25. The second-order valence-corrected chi connectivity index (χ2v) is 11.1. The van der Waals surface area contributed by atoms with E-state index in [4.69, 9.17) is 23.7 Å². The Labute approximate surface area is 270 Å². The van der Waals surface area contributed by atoms with Crippen LogP contribution in [0, 0.1) is 5.21 Å². The molecule has 4 aromatic rings. The van der Waals surface area contributed by atoms with Gasteiger partial charge in [-0.1, -0.05) is 121 Å². The second kappa shape index (κ2) is 17.4. The Hall–Kier alpha value is -4.34. The molecule has 1 aliphatic rings. The van der Waals surface area contributed by atoms with Crippen molar-refractivity contribution in [1.82, 2.24) is 0 Å². The molecule has 0 N–H and O–H groups in total. The molecule has 1 aliphatic heterocycles. The molecule has 46 heavy (non-hydrogen) atoms. The molecule has 0 unspecified atom stereocenters. The lowest BCUT2D eigenvalue weighted by atomic mass is 9.91. The van der Waals surface area contributed by atoms with Gasteiger partial charge in [0.2, 0.25) is 6.04 Å². The molecule has 1 heterocycles. The van der Waals surface area contributed by atoms with Crippen LogP contribution < -0.4 is 0 Å². The molecule has 0 bridgehead atoms. The quantitative estimate of drug-likeness (QED) is 0.0829. The zero-order chi connectivity index (χ0) is 32.0. The minimum atomic E-state index is -0.975. The zero-order valence-corrected chi connectivity index (χ0v) is 26.1. The number of carbonyl (C=O) groups is 1. The van der Waals surface area contributed by atoms with Crippen LogP contribution in [0.25, 0.3) is 0 Å². The lowest BCUT2D eigenvalue weighted by Gasteiger charge is -2.39. The summed E-state index contributed by atoms with van der Waals surface area (Å²) in [6.07, 6.45) is -2.16. The van der Waals surface area contributed by atoms with E-state index in [0.29, 0.717) is 6.61 Å². The summed E-state index contributed by atoms with van der Waals surface area (Å²) in [6.45, 7) is 3.02. The number of carbonyl (C=O) groups excluding carboxylic acids is 1. The molecule has 0 saturated heterocycles. The summed E-state index contributed by atoms with van der Waals surface area (Å²) in [6, 6.07) is 38.1. The van der Waals surface area contributed by atoms with Crippen LogP contribution in [0.15, 0.2) is 121 Å². The molecule has 8 heteroatoms. The first-order valence-corrected chi connectivity index (χ1v) is 15.7. The Morgan fingerprint density at radius 1 is 0.717 bits per heavy atom. The van der Waals surface area contributed by atoms with E-state index in [-0.39, 0.29) is 45.2 Å². The predicted molar refractivity (Wildman–Crippen MR) is 175 cm³/mol. The maximum absolute atomic E-state index is 14.3. The van der Waals surface area contributed by atoms with E-state index in [1.807, 2.05) is 121 Å². The molecular formula is C38H41NO7. The maximum atomic E-state index is 14.3. The number of benzene rings is 4. The Bertz CT molecular complexity index is 1500. The molecule has 5 rings (SSSR count). The van der Waals surface area contributed by atoms with E-state index >= 15 is 0 Å². The van der Waals surface area contributed by atoms with E-state index < -0.39 is 30.3 Å². The van der Waals surface area contributed by atoms with Gasteiger partial charge < -0.3 is 28.9 Å². The fourth-order valence-electron chi connectivity index (χ4n) is 5.47. The van der Waals surface area contributed by atoms with Crippen LogP contribution in [0.2, 0.25) is 0 Å². The van der Waals surface area contributed by atoms with Gasteiger partial charge in [-0.05, 0) is 29.2 Å². The molecular weight excluding hydrogens is 582 g/mol. The summed E-state index contributed by atoms with van der Waals surface area (Å²) in [7, 11) is 0. The summed E-state index contributed by atoms with van der Waals surface area (Å²) < 4.78 is 31.8. The third-order valence-electron chi connectivity index (χ3n) is 7.82. The minimum Gasteiger partial charge on any atom is -0.623 e. The lowest BCUT2D eigenvalue weighted by Crippen LogP contribution is -2.60. The topological polar surface area (TPSA) is 89.3 Å². The van der Waals surface area contributed by atoms with Gasteiger partial charge in [-0.15, -0.1) is 0 Å². The van der Waals surface area contributed by atoms with Crippen LogP contribution in [0.3, 0.4) is 0 Å². The van der Waals surface area contributed by atoms with Gasteiger partial charge in [0.1, 0.15) is 18.3 Å². The van der Waals surface area contributed by atoms with Crippen LogP contribution in [0.1, 0.15) is 35.6 Å². The van der Waals surface area contributed by atoms with Gasteiger partial charge in [0.25, 0.3) is 5.71 Å². The van der Waals surface area contributed by atoms with Gasteiger partial charge in [0.15, 0.2) is 0 Å². The van der Waals surface area contributed by atoms with Crippen molar-refractivity contribution in [3.8, 4) is 0 Å². The van der Waals surface area contributed by atoms with E-state index in [0.717, 1.165) is 27.0 Å². The van der Waals surface area contributed by atoms with Crippen molar-refractivity contribution in [2.75, 3.05) is 13.2 Å². The number of ether oxygens (including phenoxy) is 5. The first kappa shape index (κ1) is 33.0. The Morgan fingerprint density at radius 3 is 1.72 bits per heavy atom. The molecule has 0 radical (unpaired) electrons. The standard InChI is InChI=1S/C38H41NO7/c1-2-43-38(40)33-23-34(44-25-30-17-9-4-10-18-30)37(46-27-32-21-13-6-14-22-32)36(39(33)41)35(45-26-31-19-11-5-12-20-31)28-42-24-29-15-7-3-8-16-29/h3-22,34-37H,2,23-28H2,1H3/t34-,35-,36+,37+/m1/s1. The van der Waals surface area contributed by atoms with E-state index in [9.17, 15) is 10.0 Å². The molecule has 0 aromatic heterocycles. The van der Waals surface area contributed by atoms with Gasteiger partial charge in [-0.2, -0.15) is 4.74 Å². The smallest absolute Gasteiger partial charge is 0.399 e. The monoisotopic (exact) mass is 623 g/mol. The van der Waals surface area contributed by atoms with Crippen molar-refractivity contribution in [3.05, 3.63) is 149 Å². The fourth-order valence-corrected chi connectivity index (χ4v) is 5.47. The highest BCUT2D eigenvalue weighted by atomic mass is 16.6. The van der Waals surface area contributed by atoms with Crippen LogP contribution in [-0.2, 0) is 54.9 Å². The molecule has 4 atom stereocenters. The first-order valence-electron chi connectivity index (χ1n) is 15.7. The maximum Gasteiger partial charge on any atom is 0.399 e. The summed E-state index contributed by atoms with van der Waals surface area (Å²) in [5.41, 5.74) is 3.82. The summed E-state index contributed by atoms with van der Waals surface area (Å²) in [5, 5.41) is 14.3. The molecule has 8 nitrogen and oxygen atoms in total. The second-order valence-electron chi connectivity index (χ2n) is 11.1. The van der Waals surface area contributed by atoms with Crippen LogP contribution in [0.5, 0.6) is 0 Å². The van der Waals surface area contributed by atoms with Crippen molar-refractivity contribution in [2.24, 2.45) is 0 Å². The molecule has 0 spiro atoms. The molecule has 240 valence electrons. The Kier molecular flexibility index (Phi) is 12.5. The van der Waals surface area contributed by atoms with Crippen molar-refractivity contribution in [1.29, 1.82) is 0 Å². The molecule has 4 aromatic carbocycles. The molecule has 0 aliphatic carbocycles. The Morgan fingerprint density at radius 2 is 1.20 bits per heavy atom. The number of hydrogen-bond donors (Lipinski definition) is 0. The fraction of sp³-hybridized carbons (Fsp3) is 0.316. The highest BCUT2D eigenvalue weighted by Crippen LogP contribution is 2.28. The third-order valence-corrected chi connectivity index (χ3v) is 7.82. The Balaban J connectivity index is 1.49. The molecule has 0 amide bonds. The van der Waals surface area contributed by atoms with E-state index in [1.165, 1.54) is 0 Å². The van der Waals surface area contributed by atoms with Crippen molar-refractivity contribution in [3.63, 3.8) is 0 Å². The first-order chi connectivity index (χ1) is 22.6.